The number of amides is 3. The summed E-state index contributed by atoms with van der Waals surface area (Å²) in [6.45, 7) is 4.06. The average Bonchev–Trinajstić information content (AvgIpc) is 3.04. The second-order valence-electron chi connectivity index (χ2n) is 5.97. The van der Waals surface area contributed by atoms with Gasteiger partial charge in [-0.3, -0.25) is 4.79 Å². The highest BCUT2D eigenvalue weighted by atomic mass is 32.1. The van der Waals surface area contributed by atoms with Gasteiger partial charge in [0.2, 0.25) is 5.91 Å². The molecule has 0 aromatic carbocycles. The third-order valence-electron chi connectivity index (χ3n) is 4.06. The van der Waals surface area contributed by atoms with Crippen LogP contribution in [0.25, 0.3) is 0 Å². The van der Waals surface area contributed by atoms with E-state index in [0.717, 1.165) is 25.8 Å². The van der Waals surface area contributed by atoms with E-state index >= 15 is 0 Å². The van der Waals surface area contributed by atoms with E-state index in [0.29, 0.717) is 19.0 Å². The Hall–Kier alpha value is -1.56. The van der Waals surface area contributed by atoms with Crippen molar-refractivity contribution in [3.05, 3.63) is 22.4 Å². The summed E-state index contributed by atoms with van der Waals surface area (Å²) in [6, 6.07) is 4.13. The van der Waals surface area contributed by atoms with E-state index < -0.39 is 0 Å². The molecule has 1 fully saturated rings. The molecule has 1 aromatic rings. The normalized spacial score (nSPS) is 19.5. The molecule has 2 rings (SSSR count). The highest BCUT2D eigenvalue weighted by Gasteiger charge is 2.27. The molecule has 1 aliphatic heterocycles. The number of piperidine rings is 1. The fraction of sp³-hybridized carbons (Fsp3) is 0.625. The van der Waals surface area contributed by atoms with Gasteiger partial charge in [-0.25, -0.2) is 4.79 Å². The first-order valence-corrected chi connectivity index (χ1v) is 8.75. The zero-order chi connectivity index (χ0) is 15.9. The van der Waals surface area contributed by atoms with E-state index in [-0.39, 0.29) is 17.9 Å². The van der Waals surface area contributed by atoms with Crippen molar-refractivity contribution in [2.24, 2.45) is 11.8 Å². The third-order valence-corrected chi connectivity index (χ3v) is 4.96. The quantitative estimate of drug-likeness (QED) is 0.872. The molecule has 1 aromatic heterocycles. The number of carbonyl (C=O) groups excluding carboxylic acids is 2. The highest BCUT2D eigenvalue weighted by molar-refractivity contribution is 7.09. The first-order valence-electron chi connectivity index (χ1n) is 7.87. The van der Waals surface area contributed by atoms with Crippen molar-refractivity contribution in [2.75, 3.05) is 26.7 Å². The van der Waals surface area contributed by atoms with E-state index in [4.69, 9.17) is 0 Å². The number of likely N-dealkylation sites (tertiary alicyclic amines) is 1. The molecule has 2 atom stereocenters. The molecule has 2 N–H and O–H groups in total. The van der Waals surface area contributed by atoms with Gasteiger partial charge in [-0.05, 0) is 36.6 Å². The Morgan fingerprint density at radius 3 is 3.00 bits per heavy atom. The number of hydrogen-bond donors (Lipinski definition) is 2. The van der Waals surface area contributed by atoms with E-state index in [9.17, 15) is 9.59 Å². The number of nitrogens with one attached hydrogen (secondary N) is 2. The largest absolute Gasteiger partial charge is 0.359 e. The second-order valence-corrected chi connectivity index (χ2v) is 7.01. The van der Waals surface area contributed by atoms with Crippen LogP contribution in [0.15, 0.2) is 17.5 Å². The maximum atomic E-state index is 12.2. The molecule has 1 saturated heterocycles. The predicted octanol–water partition coefficient (Wildman–Crippen LogP) is 2.09. The van der Waals surface area contributed by atoms with Crippen LogP contribution in [0.3, 0.4) is 0 Å². The fourth-order valence-corrected chi connectivity index (χ4v) is 3.67. The Morgan fingerprint density at radius 1 is 1.50 bits per heavy atom. The topological polar surface area (TPSA) is 61.4 Å². The zero-order valence-corrected chi connectivity index (χ0v) is 14.1. The van der Waals surface area contributed by atoms with Crippen molar-refractivity contribution in [1.29, 1.82) is 0 Å². The monoisotopic (exact) mass is 323 g/mol. The van der Waals surface area contributed by atoms with Gasteiger partial charge in [0.15, 0.2) is 0 Å². The van der Waals surface area contributed by atoms with Crippen LogP contribution in [-0.4, -0.2) is 43.5 Å². The molecule has 22 heavy (non-hydrogen) atoms. The van der Waals surface area contributed by atoms with Crippen LogP contribution in [0.5, 0.6) is 0 Å². The van der Waals surface area contributed by atoms with Gasteiger partial charge in [0, 0.05) is 31.6 Å². The third kappa shape index (κ3) is 4.73. The molecule has 5 nitrogen and oxygen atoms in total. The first kappa shape index (κ1) is 16.8. The van der Waals surface area contributed by atoms with Crippen molar-refractivity contribution in [3.8, 4) is 0 Å². The van der Waals surface area contributed by atoms with Crippen LogP contribution in [0.4, 0.5) is 4.79 Å². The van der Waals surface area contributed by atoms with Gasteiger partial charge in [-0.1, -0.05) is 13.0 Å². The number of hydrogen-bond acceptors (Lipinski definition) is 3. The molecule has 3 amide bonds. The smallest absolute Gasteiger partial charge is 0.317 e. The van der Waals surface area contributed by atoms with Gasteiger partial charge in [0.25, 0.3) is 0 Å². The standard InChI is InChI=1S/C16H25N3O2S/c1-12(9-14-6-4-8-22-14)10-18-16(21)19-7-3-5-13(11-19)15(20)17-2/h4,6,8,12-13H,3,5,7,9-11H2,1-2H3,(H,17,20)(H,18,21)/t12-,13+/m1/s1. The van der Waals surface area contributed by atoms with E-state index in [2.05, 4.69) is 35.1 Å². The van der Waals surface area contributed by atoms with Crippen LogP contribution in [0, 0.1) is 11.8 Å². The van der Waals surface area contributed by atoms with Crippen molar-refractivity contribution >= 4 is 23.3 Å². The van der Waals surface area contributed by atoms with E-state index in [1.165, 1.54) is 4.88 Å². The minimum atomic E-state index is -0.0759. The Morgan fingerprint density at radius 2 is 2.32 bits per heavy atom. The van der Waals surface area contributed by atoms with Crippen molar-refractivity contribution in [2.45, 2.75) is 26.2 Å². The second kappa shape index (κ2) is 8.17. The van der Waals surface area contributed by atoms with Gasteiger partial charge < -0.3 is 15.5 Å². The summed E-state index contributed by atoms with van der Waals surface area (Å²) in [6.07, 6.45) is 2.73. The highest BCUT2D eigenvalue weighted by Crippen LogP contribution is 2.17. The minimum absolute atomic E-state index is 0.0311. The number of thiophene rings is 1. The Labute approximate surface area is 136 Å². The molecular weight excluding hydrogens is 298 g/mol. The van der Waals surface area contributed by atoms with Crippen molar-refractivity contribution in [3.63, 3.8) is 0 Å². The van der Waals surface area contributed by atoms with E-state index in [1.807, 2.05) is 0 Å². The molecule has 0 spiro atoms. The van der Waals surface area contributed by atoms with Gasteiger partial charge >= 0.3 is 6.03 Å². The van der Waals surface area contributed by atoms with Crippen molar-refractivity contribution < 1.29 is 9.59 Å². The molecule has 0 saturated carbocycles. The molecule has 6 heteroatoms. The lowest BCUT2D eigenvalue weighted by atomic mass is 9.97. The first-order chi connectivity index (χ1) is 10.6. The van der Waals surface area contributed by atoms with Crippen LogP contribution in [0.2, 0.25) is 0 Å². The van der Waals surface area contributed by atoms with Gasteiger partial charge in [-0.2, -0.15) is 0 Å². The molecule has 0 radical (unpaired) electrons. The molecule has 0 bridgehead atoms. The number of urea groups is 1. The summed E-state index contributed by atoms with van der Waals surface area (Å²) in [5.74, 6) is 0.360. The summed E-state index contributed by atoms with van der Waals surface area (Å²) < 4.78 is 0. The zero-order valence-electron chi connectivity index (χ0n) is 13.3. The molecular formula is C16H25N3O2S. The fourth-order valence-electron chi connectivity index (χ4n) is 2.80. The summed E-state index contributed by atoms with van der Waals surface area (Å²) >= 11 is 1.75. The Kier molecular flexibility index (Phi) is 6.24. The van der Waals surface area contributed by atoms with Crippen LogP contribution in [0.1, 0.15) is 24.6 Å². The average molecular weight is 323 g/mol. The van der Waals surface area contributed by atoms with Gasteiger partial charge in [0.1, 0.15) is 0 Å². The SMILES string of the molecule is CNC(=O)[C@H]1CCCN(C(=O)NC[C@H](C)Cc2cccs2)C1. The number of nitrogens with zero attached hydrogens (tertiary/aromatic N) is 1. The Bertz CT molecular complexity index is 490. The molecule has 122 valence electrons. The molecule has 0 aliphatic carbocycles. The van der Waals surface area contributed by atoms with E-state index in [1.54, 1.807) is 23.3 Å². The van der Waals surface area contributed by atoms with Gasteiger partial charge in [-0.15, -0.1) is 11.3 Å². The Balaban J connectivity index is 1.75. The maximum absolute atomic E-state index is 12.2. The molecule has 0 unspecified atom stereocenters. The maximum Gasteiger partial charge on any atom is 0.317 e. The molecule has 2 heterocycles. The van der Waals surface area contributed by atoms with Crippen LogP contribution >= 0.6 is 11.3 Å². The summed E-state index contributed by atoms with van der Waals surface area (Å²) in [7, 11) is 1.65. The summed E-state index contributed by atoms with van der Waals surface area (Å²) in [5.41, 5.74) is 0. The lowest BCUT2D eigenvalue weighted by Crippen LogP contribution is -2.49. The van der Waals surface area contributed by atoms with Crippen LogP contribution in [-0.2, 0) is 11.2 Å². The number of rotatable bonds is 5. The lowest BCUT2D eigenvalue weighted by Gasteiger charge is -2.32. The minimum Gasteiger partial charge on any atom is -0.359 e. The summed E-state index contributed by atoms with van der Waals surface area (Å²) in [5, 5.41) is 7.75. The van der Waals surface area contributed by atoms with Crippen LogP contribution < -0.4 is 10.6 Å². The molecule has 1 aliphatic rings. The number of carbonyl (C=O) groups is 2. The van der Waals surface area contributed by atoms with Gasteiger partial charge in [0.05, 0.1) is 5.92 Å². The summed E-state index contributed by atoms with van der Waals surface area (Å²) in [4.78, 5) is 27.1. The lowest BCUT2D eigenvalue weighted by molar-refractivity contribution is -0.125. The predicted molar refractivity (Wildman–Crippen MR) is 88.9 cm³/mol. The van der Waals surface area contributed by atoms with Crippen molar-refractivity contribution in [1.82, 2.24) is 15.5 Å².